The molecule has 2 aromatic carbocycles. The largest absolute Gasteiger partial charge is 0.490 e. The number of nitro benzene ring substituents is 1. The molecule has 0 saturated carbocycles. The first-order valence-corrected chi connectivity index (χ1v) is 7.83. The van der Waals surface area contributed by atoms with E-state index in [0.717, 1.165) is 5.56 Å². The summed E-state index contributed by atoms with van der Waals surface area (Å²) in [6.07, 6.45) is 0.388. The number of nitro groups is 1. The minimum absolute atomic E-state index is 0.157. The Morgan fingerprint density at radius 2 is 2.00 bits per heavy atom. The smallest absolute Gasteiger partial charge is 0.311 e. The number of methoxy groups -OCH3 is 1. The van der Waals surface area contributed by atoms with E-state index in [2.05, 4.69) is 10.1 Å². The number of nitrogens with zero attached hydrogens (tertiary/aromatic N) is 3. The fraction of sp³-hybridized carbons (Fsp3) is 0.125. The summed E-state index contributed by atoms with van der Waals surface area (Å²) < 4.78 is 10.2. The molecule has 128 valence electrons. The van der Waals surface area contributed by atoms with E-state index >= 15 is 0 Å². The molecule has 3 rings (SSSR count). The maximum atomic E-state index is 11.1. The summed E-state index contributed by atoms with van der Waals surface area (Å²) in [6.45, 7) is 0. The van der Waals surface area contributed by atoms with Crippen molar-refractivity contribution in [3.8, 4) is 17.2 Å². The van der Waals surface area contributed by atoms with E-state index in [1.165, 1.54) is 19.2 Å². The van der Waals surface area contributed by atoms with Crippen molar-refractivity contribution < 1.29 is 14.2 Å². The van der Waals surface area contributed by atoms with Gasteiger partial charge in [0, 0.05) is 18.1 Å². The molecule has 9 heteroatoms. The molecule has 0 amide bonds. The molecule has 0 saturated heterocycles. The van der Waals surface area contributed by atoms with Crippen molar-refractivity contribution in [2.24, 2.45) is 0 Å². The molecule has 0 N–H and O–H groups in total. The van der Waals surface area contributed by atoms with Crippen molar-refractivity contribution in [3.63, 3.8) is 0 Å². The topological polar surface area (TPSA) is 91.3 Å². The summed E-state index contributed by atoms with van der Waals surface area (Å²) in [5.41, 5.74) is 1.12. The van der Waals surface area contributed by atoms with E-state index in [1.807, 2.05) is 6.07 Å². The van der Waals surface area contributed by atoms with Crippen LogP contribution in [0.2, 0.25) is 10.0 Å². The van der Waals surface area contributed by atoms with Gasteiger partial charge in [0.15, 0.2) is 11.6 Å². The molecular formula is C16H11Cl2N3O4. The Morgan fingerprint density at radius 3 is 2.68 bits per heavy atom. The quantitative estimate of drug-likeness (QED) is 0.476. The predicted molar refractivity (Wildman–Crippen MR) is 92.2 cm³/mol. The second-order valence-electron chi connectivity index (χ2n) is 5.08. The molecule has 0 atom stereocenters. The highest BCUT2D eigenvalue weighted by atomic mass is 35.5. The summed E-state index contributed by atoms with van der Waals surface area (Å²) in [7, 11) is 1.37. The van der Waals surface area contributed by atoms with Gasteiger partial charge in [-0.05, 0) is 29.8 Å². The molecule has 1 aromatic heterocycles. The maximum absolute atomic E-state index is 11.1. The number of halogens is 2. The van der Waals surface area contributed by atoms with E-state index in [1.54, 1.807) is 18.2 Å². The van der Waals surface area contributed by atoms with Crippen molar-refractivity contribution in [3.05, 3.63) is 67.9 Å². The van der Waals surface area contributed by atoms with E-state index in [9.17, 15) is 10.1 Å². The lowest BCUT2D eigenvalue weighted by Gasteiger charge is -2.02. The van der Waals surface area contributed by atoms with Crippen LogP contribution in [0.15, 0.2) is 40.9 Å². The first-order chi connectivity index (χ1) is 12.0. The van der Waals surface area contributed by atoms with Crippen LogP contribution in [0.5, 0.6) is 5.75 Å². The van der Waals surface area contributed by atoms with Crippen LogP contribution in [-0.2, 0) is 6.42 Å². The third kappa shape index (κ3) is 3.72. The number of ether oxygens (including phenoxy) is 1. The highest BCUT2D eigenvalue weighted by Crippen LogP contribution is 2.31. The van der Waals surface area contributed by atoms with Gasteiger partial charge in [0.2, 0.25) is 0 Å². The molecule has 1 heterocycles. The van der Waals surface area contributed by atoms with Gasteiger partial charge < -0.3 is 9.26 Å². The Balaban J connectivity index is 1.87. The van der Waals surface area contributed by atoms with Crippen LogP contribution >= 0.6 is 23.2 Å². The number of hydrogen-bond acceptors (Lipinski definition) is 6. The molecule has 0 aliphatic carbocycles. The zero-order valence-corrected chi connectivity index (χ0v) is 14.4. The second-order valence-corrected chi connectivity index (χ2v) is 5.90. The molecule has 7 nitrogen and oxygen atoms in total. The fourth-order valence-electron chi connectivity index (χ4n) is 2.24. The summed E-state index contributed by atoms with van der Waals surface area (Å²) in [5.74, 6) is 0.761. The van der Waals surface area contributed by atoms with E-state index in [4.69, 9.17) is 32.5 Å². The van der Waals surface area contributed by atoms with Crippen molar-refractivity contribution in [1.29, 1.82) is 0 Å². The third-order valence-corrected chi connectivity index (χ3v) is 4.18. The third-order valence-electron chi connectivity index (χ3n) is 3.44. The minimum Gasteiger partial charge on any atom is -0.490 e. The monoisotopic (exact) mass is 379 g/mol. The van der Waals surface area contributed by atoms with Gasteiger partial charge >= 0.3 is 5.69 Å². The second kappa shape index (κ2) is 7.08. The van der Waals surface area contributed by atoms with Gasteiger partial charge in [0.1, 0.15) is 0 Å². The first kappa shape index (κ1) is 17.2. The fourth-order valence-corrected chi connectivity index (χ4v) is 2.56. The predicted octanol–water partition coefficient (Wildman–Crippen LogP) is 4.55. The lowest BCUT2D eigenvalue weighted by molar-refractivity contribution is -0.385. The zero-order valence-electron chi connectivity index (χ0n) is 12.9. The normalized spacial score (nSPS) is 10.7. The Labute approximate surface area is 152 Å². The summed E-state index contributed by atoms with van der Waals surface area (Å²) in [5, 5.41) is 15.9. The van der Waals surface area contributed by atoms with Crippen molar-refractivity contribution in [1.82, 2.24) is 10.1 Å². The maximum Gasteiger partial charge on any atom is 0.311 e. The molecule has 0 bridgehead atoms. The highest BCUT2D eigenvalue weighted by Gasteiger charge is 2.18. The molecule has 3 aromatic rings. The average Bonchev–Trinajstić information content (AvgIpc) is 3.06. The number of aromatic nitrogens is 2. The van der Waals surface area contributed by atoms with Gasteiger partial charge in [-0.15, -0.1) is 0 Å². The Kier molecular flexibility index (Phi) is 4.87. The lowest BCUT2D eigenvalue weighted by Crippen LogP contribution is -1.94. The van der Waals surface area contributed by atoms with Gasteiger partial charge in [-0.25, -0.2) is 0 Å². The van der Waals surface area contributed by atoms with Crippen LogP contribution in [0.25, 0.3) is 11.5 Å². The van der Waals surface area contributed by atoms with Crippen LogP contribution in [0, 0.1) is 10.1 Å². The molecule has 0 radical (unpaired) electrons. The number of benzene rings is 2. The van der Waals surface area contributed by atoms with E-state index < -0.39 is 4.92 Å². The SMILES string of the molecule is COc1ccc(-c2nc(Cc3ccc(Cl)c(Cl)c3)no2)cc1[N+](=O)[O-]. The Morgan fingerprint density at radius 1 is 1.20 bits per heavy atom. The molecular weight excluding hydrogens is 369 g/mol. The summed E-state index contributed by atoms with van der Waals surface area (Å²) in [4.78, 5) is 14.8. The van der Waals surface area contributed by atoms with E-state index in [-0.39, 0.29) is 17.3 Å². The van der Waals surface area contributed by atoms with Crippen molar-refractivity contribution in [2.75, 3.05) is 7.11 Å². The van der Waals surface area contributed by atoms with Gasteiger partial charge in [-0.3, -0.25) is 10.1 Å². The van der Waals surface area contributed by atoms with Gasteiger partial charge in [-0.1, -0.05) is 34.4 Å². The van der Waals surface area contributed by atoms with E-state index in [0.29, 0.717) is 27.9 Å². The Bertz CT molecular complexity index is 943. The molecule has 0 aliphatic heterocycles. The molecule has 25 heavy (non-hydrogen) atoms. The van der Waals surface area contributed by atoms with Crippen molar-refractivity contribution >= 4 is 28.9 Å². The zero-order chi connectivity index (χ0) is 18.0. The molecule has 0 spiro atoms. The highest BCUT2D eigenvalue weighted by molar-refractivity contribution is 6.42. The van der Waals surface area contributed by atoms with Gasteiger partial charge in [-0.2, -0.15) is 4.98 Å². The first-order valence-electron chi connectivity index (χ1n) is 7.07. The summed E-state index contributed by atoms with van der Waals surface area (Å²) in [6, 6.07) is 9.64. The van der Waals surface area contributed by atoms with Gasteiger partial charge in [0.05, 0.1) is 22.1 Å². The average molecular weight is 380 g/mol. The van der Waals surface area contributed by atoms with Crippen LogP contribution in [-0.4, -0.2) is 22.2 Å². The number of hydrogen-bond donors (Lipinski definition) is 0. The van der Waals surface area contributed by atoms with Crippen LogP contribution in [0.4, 0.5) is 5.69 Å². The van der Waals surface area contributed by atoms with Crippen LogP contribution < -0.4 is 4.74 Å². The molecule has 0 aliphatic rings. The van der Waals surface area contributed by atoms with Crippen molar-refractivity contribution in [2.45, 2.75) is 6.42 Å². The lowest BCUT2D eigenvalue weighted by atomic mass is 10.1. The molecule has 0 unspecified atom stereocenters. The van der Waals surface area contributed by atoms with Gasteiger partial charge in [0.25, 0.3) is 5.89 Å². The standard InChI is InChI=1S/C16H11Cl2N3O4/c1-24-14-5-3-10(8-13(14)21(22)23)16-19-15(20-25-16)7-9-2-4-11(17)12(18)6-9/h2-6,8H,7H2,1H3. The molecule has 0 fully saturated rings. The Hall–Kier alpha value is -2.64. The minimum atomic E-state index is -0.532. The number of rotatable bonds is 5. The van der Waals surface area contributed by atoms with Crippen LogP contribution in [0.3, 0.4) is 0 Å². The van der Waals surface area contributed by atoms with Crippen LogP contribution in [0.1, 0.15) is 11.4 Å². The summed E-state index contributed by atoms with van der Waals surface area (Å²) >= 11 is 11.9.